The van der Waals surface area contributed by atoms with Crippen molar-refractivity contribution in [2.75, 3.05) is 7.11 Å². The number of carbonyl (C=O) groups is 1. The zero-order valence-electron chi connectivity index (χ0n) is 14.1. The first-order chi connectivity index (χ1) is 10.7. The fourth-order valence-electron chi connectivity index (χ4n) is 7.06. The van der Waals surface area contributed by atoms with E-state index in [9.17, 15) is 4.79 Å². The van der Waals surface area contributed by atoms with E-state index >= 15 is 0 Å². The molecule has 0 aromatic rings. The second-order valence-electron chi connectivity index (χ2n) is 8.37. The fraction of sp³-hybridized carbons (Fsp3) is 0.850. The molecule has 0 aromatic carbocycles. The summed E-state index contributed by atoms with van der Waals surface area (Å²) in [5.41, 5.74) is 2.15. The molecule has 0 saturated heterocycles. The summed E-state index contributed by atoms with van der Waals surface area (Å²) in [4.78, 5) is 11.5. The third-order valence-corrected chi connectivity index (χ3v) is 7.85. The van der Waals surface area contributed by atoms with Crippen LogP contribution in [0.3, 0.4) is 0 Å². The molecule has 0 aromatic heterocycles. The Labute approximate surface area is 134 Å². The van der Waals surface area contributed by atoms with E-state index in [2.05, 4.69) is 6.92 Å². The van der Waals surface area contributed by atoms with Crippen molar-refractivity contribution in [2.45, 2.75) is 64.7 Å². The highest BCUT2D eigenvalue weighted by Crippen LogP contribution is 2.66. The lowest BCUT2D eigenvalue weighted by molar-refractivity contribution is -0.112. The molecule has 22 heavy (non-hydrogen) atoms. The maximum Gasteiger partial charge on any atom is 0.123 e. The first-order valence-corrected chi connectivity index (χ1v) is 9.43. The lowest BCUT2D eigenvalue weighted by Gasteiger charge is -2.54. The molecule has 1 spiro atoms. The monoisotopic (exact) mass is 302 g/mol. The number of carbonyl (C=O) groups excluding carboxylic acids is 1. The predicted molar refractivity (Wildman–Crippen MR) is 87.2 cm³/mol. The Bertz CT molecular complexity index is 494. The van der Waals surface area contributed by atoms with Gasteiger partial charge in [-0.15, -0.1) is 0 Å². The highest BCUT2D eigenvalue weighted by atomic mass is 16.5. The molecule has 0 aliphatic heterocycles. The summed E-state index contributed by atoms with van der Waals surface area (Å²) in [6, 6.07) is 0. The first kappa shape index (κ1) is 14.8. The van der Waals surface area contributed by atoms with Gasteiger partial charge in [0.15, 0.2) is 0 Å². The molecule has 0 heterocycles. The van der Waals surface area contributed by atoms with Gasteiger partial charge < -0.3 is 9.53 Å². The van der Waals surface area contributed by atoms with Gasteiger partial charge in [-0.05, 0) is 86.0 Å². The van der Waals surface area contributed by atoms with Crippen molar-refractivity contribution in [2.24, 2.45) is 35.0 Å². The lowest BCUT2D eigenvalue weighted by Crippen LogP contribution is -2.45. The molecule has 6 atom stereocenters. The summed E-state index contributed by atoms with van der Waals surface area (Å²) in [6.45, 7) is 2.30. The lowest BCUT2D eigenvalue weighted by atomic mass is 9.51. The maximum atomic E-state index is 11.5. The molecule has 0 N–H and O–H groups in total. The van der Waals surface area contributed by atoms with Gasteiger partial charge in [0.05, 0.1) is 12.9 Å². The number of hydrogen-bond donors (Lipinski definition) is 0. The average molecular weight is 302 g/mol. The Hall–Kier alpha value is -0.790. The number of ether oxygens (including phenoxy) is 1. The molecule has 4 rings (SSSR count). The molecule has 3 fully saturated rings. The van der Waals surface area contributed by atoms with Gasteiger partial charge in [0.1, 0.15) is 6.29 Å². The van der Waals surface area contributed by atoms with Gasteiger partial charge in [-0.3, -0.25) is 0 Å². The van der Waals surface area contributed by atoms with Crippen molar-refractivity contribution >= 4 is 6.29 Å². The summed E-state index contributed by atoms with van der Waals surface area (Å²) in [7, 11) is 1.85. The van der Waals surface area contributed by atoms with Gasteiger partial charge in [-0.1, -0.05) is 6.92 Å². The minimum Gasteiger partial charge on any atom is -0.501 e. The fourth-order valence-corrected chi connectivity index (χ4v) is 7.06. The second-order valence-corrected chi connectivity index (χ2v) is 8.37. The van der Waals surface area contributed by atoms with Gasteiger partial charge in [0, 0.05) is 12.3 Å². The number of aldehydes is 1. The van der Waals surface area contributed by atoms with Crippen LogP contribution in [0.1, 0.15) is 64.7 Å². The van der Waals surface area contributed by atoms with Crippen LogP contribution < -0.4 is 0 Å². The Balaban J connectivity index is 1.64. The average Bonchev–Trinajstić information content (AvgIpc) is 2.83. The van der Waals surface area contributed by atoms with Crippen LogP contribution in [-0.4, -0.2) is 13.4 Å². The topological polar surface area (TPSA) is 26.3 Å². The van der Waals surface area contributed by atoms with Crippen molar-refractivity contribution in [1.29, 1.82) is 0 Å². The molecule has 2 bridgehead atoms. The quantitative estimate of drug-likeness (QED) is 0.704. The van der Waals surface area contributed by atoms with Crippen molar-refractivity contribution in [3.8, 4) is 0 Å². The van der Waals surface area contributed by atoms with E-state index in [4.69, 9.17) is 4.74 Å². The van der Waals surface area contributed by atoms with E-state index in [1.165, 1.54) is 57.0 Å². The third kappa shape index (κ3) is 1.95. The van der Waals surface area contributed by atoms with Crippen LogP contribution in [-0.2, 0) is 9.53 Å². The molecule has 0 radical (unpaired) electrons. The van der Waals surface area contributed by atoms with E-state index < -0.39 is 0 Å². The van der Waals surface area contributed by atoms with Gasteiger partial charge in [0.2, 0.25) is 0 Å². The van der Waals surface area contributed by atoms with E-state index in [-0.39, 0.29) is 0 Å². The Morgan fingerprint density at radius 3 is 2.82 bits per heavy atom. The molecular formula is C20H30O2. The van der Waals surface area contributed by atoms with Crippen molar-refractivity contribution < 1.29 is 9.53 Å². The minimum absolute atomic E-state index is 0.376. The van der Waals surface area contributed by atoms with Crippen LogP contribution in [0.25, 0.3) is 0 Å². The van der Waals surface area contributed by atoms with Crippen LogP contribution >= 0.6 is 0 Å². The highest BCUT2D eigenvalue weighted by Gasteiger charge is 2.58. The number of hydrogen-bond acceptors (Lipinski definition) is 2. The second kappa shape index (κ2) is 5.39. The largest absolute Gasteiger partial charge is 0.501 e. The number of fused-ring (bicyclic) bond motifs is 3. The number of allylic oxidation sites excluding steroid dienone is 2. The van der Waals surface area contributed by atoms with Gasteiger partial charge >= 0.3 is 0 Å². The van der Waals surface area contributed by atoms with Gasteiger partial charge in [-0.25, -0.2) is 0 Å². The number of rotatable bonds is 3. The summed E-state index contributed by atoms with van der Waals surface area (Å²) in [5, 5.41) is 0. The molecule has 0 amide bonds. The van der Waals surface area contributed by atoms with Crippen LogP contribution in [0.2, 0.25) is 0 Å². The standard InChI is InChI=1S/C20H30O2/c1-3-15-16-8-9-20-10-13(14(11-20)12-21)4-6-18(20)17(16)5-7-19(15)22-2/h12-14,16-18H,3-11H2,1-2H3/t13?,14-,16?,17?,18?,20?/m1/s1. The van der Waals surface area contributed by atoms with Crippen LogP contribution in [0.15, 0.2) is 11.3 Å². The van der Waals surface area contributed by atoms with E-state index in [0.29, 0.717) is 17.3 Å². The molecule has 3 saturated carbocycles. The first-order valence-electron chi connectivity index (χ1n) is 9.43. The third-order valence-electron chi connectivity index (χ3n) is 7.85. The molecule has 4 aliphatic carbocycles. The molecular weight excluding hydrogens is 272 g/mol. The van der Waals surface area contributed by atoms with E-state index in [1.54, 1.807) is 5.57 Å². The molecule has 122 valence electrons. The normalized spacial score (nSPS) is 46.9. The van der Waals surface area contributed by atoms with Crippen molar-refractivity contribution in [3.05, 3.63) is 11.3 Å². The Morgan fingerprint density at radius 1 is 1.23 bits per heavy atom. The molecule has 2 heteroatoms. The van der Waals surface area contributed by atoms with Crippen LogP contribution in [0, 0.1) is 35.0 Å². The maximum absolute atomic E-state index is 11.5. The molecule has 4 aliphatic rings. The summed E-state index contributed by atoms with van der Waals surface area (Å²) < 4.78 is 5.71. The smallest absolute Gasteiger partial charge is 0.123 e. The summed E-state index contributed by atoms with van der Waals surface area (Å²) >= 11 is 0. The Morgan fingerprint density at radius 2 is 2.09 bits per heavy atom. The molecule has 5 unspecified atom stereocenters. The van der Waals surface area contributed by atoms with Gasteiger partial charge in [-0.2, -0.15) is 0 Å². The van der Waals surface area contributed by atoms with Crippen LogP contribution in [0.4, 0.5) is 0 Å². The summed E-state index contributed by atoms with van der Waals surface area (Å²) in [6.07, 6.45) is 12.9. The van der Waals surface area contributed by atoms with Crippen molar-refractivity contribution in [3.63, 3.8) is 0 Å². The minimum atomic E-state index is 0.376. The summed E-state index contributed by atoms with van der Waals surface area (Å²) in [5.74, 6) is 4.91. The van der Waals surface area contributed by atoms with Gasteiger partial charge in [0.25, 0.3) is 0 Å². The zero-order chi connectivity index (χ0) is 15.3. The zero-order valence-corrected chi connectivity index (χ0v) is 14.1. The number of methoxy groups -OCH3 is 1. The SMILES string of the molecule is CCC1=C(OC)CCC2C1CCC13CC(CCC21)[C@@H](C=O)C3. The van der Waals surface area contributed by atoms with E-state index in [1.807, 2.05) is 7.11 Å². The van der Waals surface area contributed by atoms with Crippen LogP contribution in [0.5, 0.6) is 0 Å². The molecule has 2 nitrogen and oxygen atoms in total. The van der Waals surface area contributed by atoms with E-state index in [0.717, 1.165) is 30.6 Å². The highest BCUT2D eigenvalue weighted by molar-refractivity contribution is 5.55. The predicted octanol–water partition coefficient (Wildman–Crippen LogP) is 4.74. The Kier molecular flexibility index (Phi) is 3.62. The van der Waals surface area contributed by atoms with Crippen molar-refractivity contribution in [1.82, 2.24) is 0 Å².